The highest BCUT2D eigenvalue weighted by Crippen LogP contribution is 2.34. The van der Waals surface area contributed by atoms with E-state index in [9.17, 15) is 14.9 Å². The molecule has 0 unspecified atom stereocenters. The van der Waals surface area contributed by atoms with Crippen molar-refractivity contribution in [3.63, 3.8) is 0 Å². The van der Waals surface area contributed by atoms with Crippen LogP contribution in [0.1, 0.15) is 10.4 Å². The van der Waals surface area contributed by atoms with Crippen LogP contribution in [0.15, 0.2) is 42.5 Å². The summed E-state index contributed by atoms with van der Waals surface area (Å²) in [5, 5.41) is 20.1. The number of nitrogens with zero attached hydrogens (tertiary/aromatic N) is 1. The third-order valence-corrected chi connectivity index (χ3v) is 3.11. The van der Waals surface area contributed by atoms with E-state index in [1.165, 1.54) is 18.2 Å². The number of ether oxygens (including phenoxy) is 1. The normalized spacial score (nSPS) is 10.1. The van der Waals surface area contributed by atoms with Crippen molar-refractivity contribution < 1.29 is 19.6 Å². The van der Waals surface area contributed by atoms with Gasteiger partial charge in [0.2, 0.25) is 5.75 Å². The number of carboxylic acids is 1. The fraction of sp³-hybridized carbons (Fsp3) is 0. The Morgan fingerprint density at radius 3 is 2.55 bits per heavy atom. The number of carboxylic acid groups (broad SMARTS) is 1. The topological polar surface area (TPSA) is 89.7 Å². The summed E-state index contributed by atoms with van der Waals surface area (Å²) in [6, 6.07) is 10.8. The van der Waals surface area contributed by atoms with E-state index < -0.39 is 22.1 Å². The number of hydrogen-bond donors (Lipinski definition) is 1. The minimum Gasteiger partial charge on any atom is -0.477 e. The van der Waals surface area contributed by atoms with Gasteiger partial charge in [-0.25, -0.2) is 4.79 Å². The Bertz CT molecular complexity index is 686. The maximum Gasteiger partial charge on any atom is 0.342 e. The van der Waals surface area contributed by atoms with Gasteiger partial charge >= 0.3 is 11.7 Å². The molecule has 0 fully saturated rings. The molecule has 102 valence electrons. The van der Waals surface area contributed by atoms with Crippen LogP contribution < -0.4 is 4.74 Å². The van der Waals surface area contributed by atoms with Gasteiger partial charge in [0.25, 0.3) is 0 Å². The summed E-state index contributed by atoms with van der Waals surface area (Å²) in [5.74, 6) is -1.07. The molecule has 0 atom stereocenters. The average molecular weight is 385 g/mol. The molecule has 0 bridgehead atoms. The molecule has 0 aliphatic carbocycles. The van der Waals surface area contributed by atoms with Crippen LogP contribution in [0.4, 0.5) is 5.69 Å². The molecule has 1 N–H and O–H groups in total. The van der Waals surface area contributed by atoms with Crippen molar-refractivity contribution >= 4 is 34.2 Å². The Balaban J connectivity index is 2.49. The number of para-hydroxylation sites is 1. The van der Waals surface area contributed by atoms with Gasteiger partial charge in [0, 0.05) is 3.57 Å². The van der Waals surface area contributed by atoms with Crippen LogP contribution in [0.3, 0.4) is 0 Å². The first kappa shape index (κ1) is 14.3. The highest BCUT2D eigenvalue weighted by molar-refractivity contribution is 14.1. The summed E-state index contributed by atoms with van der Waals surface area (Å²) in [4.78, 5) is 21.3. The Hall–Kier alpha value is -2.16. The van der Waals surface area contributed by atoms with E-state index in [4.69, 9.17) is 9.84 Å². The number of rotatable bonds is 4. The molecule has 6 nitrogen and oxygen atoms in total. The number of benzene rings is 2. The van der Waals surface area contributed by atoms with E-state index in [0.717, 1.165) is 3.57 Å². The SMILES string of the molecule is O=C(O)c1cccc(Oc2cccc(I)c2)c1[N+](=O)[O-]. The number of nitro benzene ring substituents is 1. The van der Waals surface area contributed by atoms with Gasteiger partial charge in [-0.15, -0.1) is 0 Å². The third kappa shape index (κ3) is 3.05. The van der Waals surface area contributed by atoms with Crippen molar-refractivity contribution in [2.75, 3.05) is 0 Å². The van der Waals surface area contributed by atoms with Crippen LogP contribution in [0.2, 0.25) is 0 Å². The maximum absolute atomic E-state index is 11.1. The number of hydrogen-bond acceptors (Lipinski definition) is 4. The van der Waals surface area contributed by atoms with Crippen molar-refractivity contribution in [1.29, 1.82) is 0 Å². The second-order valence-corrected chi connectivity index (χ2v) is 5.02. The second-order valence-electron chi connectivity index (χ2n) is 3.77. The molecular formula is C13H8INO5. The summed E-state index contributed by atoms with van der Waals surface area (Å²) < 4.78 is 6.33. The zero-order valence-corrected chi connectivity index (χ0v) is 12.1. The molecule has 7 heteroatoms. The fourth-order valence-corrected chi connectivity index (χ4v) is 2.14. The predicted octanol–water partition coefficient (Wildman–Crippen LogP) is 3.69. The van der Waals surface area contributed by atoms with E-state index in [1.807, 2.05) is 6.07 Å². The first-order valence-electron chi connectivity index (χ1n) is 5.43. The van der Waals surface area contributed by atoms with E-state index in [2.05, 4.69) is 22.6 Å². The largest absolute Gasteiger partial charge is 0.477 e. The van der Waals surface area contributed by atoms with Crippen molar-refractivity contribution in [2.45, 2.75) is 0 Å². The lowest BCUT2D eigenvalue weighted by atomic mass is 10.1. The molecule has 0 aliphatic rings. The third-order valence-electron chi connectivity index (χ3n) is 2.44. The van der Waals surface area contributed by atoms with Crippen LogP contribution in [0.5, 0.6) is 11.5 Å². The molecule has 0 radical (unpaired) electrons. The number of nitro groups is 1. The molecule has 0 spiro atoms. The number of aromatic carboxylic acids is 1. The van der Waals surface area contributed by atoms with Crippen molar-refractivity contribution in [3.05, 3.63) is 61.7 Å². The van der Waals surface area contributed by atoms with Crippen LogP contribution in [-0.2, 0) is 0 Å². The molecule has 20 heavy (non-hydrogen) atoms. The van der Waals surface area contributed by atoms with E-state index in [-0.39, 0.29) is 5.75 Å². The lowest BCUT2D eigenvalue weighted by Crippen LogP contribution is -2.04. The van der Waals surface area contributed by atoms with Gasteiger partial charge in [0.1, 0.15) is 11.3 Å². The Kier molecular flexibility index (Phi) is 4.18. The van der Waals surface area contributed by atoms with Gasteiger partial charge < -0.3 is 9.84 Å². The second kappa shape index (κ2) is 5.87. The zero-order valence-electron chi connectivity index (χ0n) is 9.95. The smallest absolute Gasteiger partial charge is 0.342 e. The zero-order chi connectivity index (χ0) is 14.7. The number of halogens is 1. The summed E-state index contributed by atoms with van der Waals surface area (Å²) in [7, 11) is 0. The minimum absolute atomic E-state index is 0.100. The van der Waals surface area contributed by atoms with Crippen molar-refractivity contribution in [2.24, 2.45) is 0 Å². The predicted molar refractivity (Wildman–Crippen MR) is 79.3 cm³/mol. The minimum atomic E-state index is -1.37. The quantitative estimate of drug-likeness (QED) is 0.493. The molecule has 0 heterocycles. The van der Waals surface area contributed by atoms with E-state index in [0.29, 0.717) is 5.75 Å². The highest BCUT2D eigenvalue weighted by Gasteiger charge is 2.25. The molecule has 0 saturated carbocycles. The van der Waals surface area contributed by atoms with Crippen LogP contribution in [0.25, 0.3) is 0 Å². The van der Waals surface area contributed by atoms with Crippen LogP contribution in [-0.4, -0.2) is 16.0 Å². The fourth-order valence-electron chi connectivity index (χ4n) is 1.62. The average Bonchev–Trinajstić information content (AvgIpc) is 2.38. The Morgan fingerprint density at radius 2 is 1.95 bits per heavy atom. The monoisotopic (exact) mass is 385 g/mol. The molecule has 2 aromatic rings. The molecule has 2 aromatic carbocycles. The number of carbonyl (C=O) groups is 1. The summed E-state index contributed by atoms with van der Waals surface area (Å²) >= 11 is 2.08. The Morgan fingerprint density at radius 1 is 1.25 bits per heavy atom. The summed E-state index contributed by atoms with van der Waals surface area (Å²) in [6.45, 7) is 0. The van der Waals surface area contributed by atoms with E-state index in [1.54, 1.807) is 18.2 Å². The van der Waals surface area contributed by atoms with Crippen LogP contribution >= 0.6 is 22.6 Å². The lowest BCUT2D eigenvalue weighted by molar-refractivity contribution is -0.386. The lowest BCUT2D eigenvalue weighted by Gasteiger charge is -2.08. The molecular weight excluding hydrogens is 377 g/mol. The molecule has 0 aliphatic heterocycles. The van der Waals surface area contributed by atoms with Gasteiger partial charge in [-0.1, -0.05) is 12.1 Å². The van der Waals surface area contributed by atoms with Gasteiger partial charge in [-0.3, -0.25) is 10.1 Å². The maximum atomic E-state index is 11.1. The summed E-state index contributed by atoms with van der Waals surface area (Å²) in [6.07, 6.45) is 0. The van der Waals surface area contributed by atoms with Gasteiger partial charge in [-0.2, -0.15) is 0 Å². The first-order valence-corrected chi connectivity index (χ1v) is 6.51. The molecule has 2 rings (SSSR count). The molecule has 0 amide bonds. The molecule has 0 saturated heterocycles. The highest BCUT2D eigenvalue weighted by atomic mass is 127. The van der Waals surface area contributed by atoms with Gasteiger partial charge in [0.15, 0.2) is 0 Å². The van der Waals surface area contributed by atoms with Gasteiger partial charge in [0.05, 0.1) is 4.92 Å². The van der Waals surface area contributed by atoms with Gasteiger partial charge in [-0.05, 0) is 52.9 Å². The summed E-state index contributed by atoms with van der Waals surface area (Å²) in [5.41, 5.74) is -0.961. The Labute approximate surface area is 127 Å². The van der Waals surface area contributed by atoms with Crippen molar-refractivity contribution in [1.82, 2.24) is 0 Å². The van der Waals surface area contributed by atoms with Crippen LogP contribution in [0, 0.1) is 13.7 Å². The first-order chi connectivity index (χ1) is 9.49. The van der Waals surface area contributed by atoms with E-state index >= 15 is 0 Å². The standard InChI is InChI=1S/C13H8INO5/c14-8-3-1-4-9(7-8)20-11-6-2-5-10(13(16)17)12(11)15(18)19/h1-7H,(H,16,17). The van der Waals surface area contributed by atoms with Crippen molar-refractivity contribution in [3.8, 4) is 11.5 Å². The molecule has 0 aromatic heterocycles.